The van der Waals surface area contributed by atoms with E-state index in [1.54, 1.807) is 6.20 Å². The van der Waals surface area contributed by atoms with Gasteiger partial charge in [0.2, 0.25) is 5.91 Å². The Hall–Kier alpha value is -1.59. The number of halogens is 2. The van der Waals surface area contributed by atoms with Gasteiger partial charge in [-0.05, 0) is 58.6 Å². The van der Waals surface area contributed by atoms with Gasteiger partial charge in [-0.2, -0.15) is 0 Å². The molecule has 1 aromatic carbocycles. The van der Waals surface area contributed by atoms with Crippen LogP contribution >= 0.6 is 27.5 Å². The highest BCUT2D eigenvalue weighted by Crippen LogP contribution is 2.48. The minimum Gasteiger partial charge on any atom is -0.281 e. The summed E-state index contributed by atoms with van der Waals surface area (Å²) in [4.78, 5) is 16.6. The third kappa shape index (κ3) is 2.89. The number of benzene rings is 1. The van der Waals surface area contributed by atoms with Crippen LogP contribution in [-0.2, 0) is 10.2 Å². The first kappa shape index (κ1) is 14.4. The van der Waals surface area contributed by atoms with Gasteiger partial charge < -0.3 is 0 Å². The Balaban J connectivity index is 1.71. The van der Waals surface area contributed by atoms with Crippen molar-refractivity contribution in [2.75, 3.05) is 5.43 Å². The van der Waals surface area contributed by atoms with Crippen LogP contribution in [0.2, 0.25) is 5.02 Å². The molecule has 1 heterocycles. The molecular weight excluding hydrogens is 354 g/mol. The maximum atomic E-state index is 12.4. The van der Waals surface area contributed by atoms with E-state index in [9.17, 15) is 4.79 Å². The molecule has 0 aliphatic heterocycles. The fourth-order valence-electron chi connectivity index (χ4n) is 2.25. The monoisotopic (exact) mass is 365 g/mol. The van der Waals surface area contributed by atoms with Gasteiger partial charge in [0.1, 0.15) is 0 Å². The maximum absolute atomic E-state index is 12.4. The van der Waals surface area contributed by atoms with Crippen molar-refractivity contribution in [1.29, 1.82) is 0 Å². The molecule has 0 radical (unpaired) electrons. The van der Waals surface area contributed by atoms with Crippen LogP contribution in [0.5, 0.6) is 0 Å². The van der Waals surface area contributed by atoms with Gasteiger partial charge >= 0.3 is 0 Å². The highest BCUT2D eigenvalue weighted by Gasteiger charge is 2.51. The number of hydrogen-bond donors (Lipinski definition) is 2. The lowest BCUT2D eigenvalue weighted by atomic mass is 9.95. The van der Waals surface area contributed by atoms with Gasteiger partial charge in [-0.25, -0.2) is 4.98 Å². The van der Waals surface area contributed by atoms with E-state index in [0.717, 1.165) is 22.9 Å². The van der Waals surface area contributed by atoms with Crippen molar-refractivity contribution in [2.24, 2.45) is 0 Å². The lowest BCUT2D eigenvalue weighted by Crippen LogP contribution is -2.38. The zero-order chi connectivity index (χ0) is 14.9. The molecule has 2 N–H and O–H groups in total. The number of carbonyl (C=O) groups is 1. The van der Waals surface area contributed by atoms with Gasteiger partial charge in [-0.15, -0.1) is 0 Å². The average molecular weight is 367 g/mol. The SMILES string of the molecule is O=C(NNc1ncccc1Br)C1(c2ccc(Cl)cc2)CC1. The molecule has 0 saturated heterocycles. The van der Waals surface area contributed by atoms with Crippen molar-refractivity contribution in [2.45, 2.75) is 18.3 Å². The molecule has 0 unspecified atom stereocenters. The highest BCUT2D eigenvalue weighted by molar-refractivity contribution is 9.10. The number of amides is 1. The molecule has 3 rings (SSSR count). The lowest BCUT2D eigenvalue weighted by Gasteiger charge is -2.17. The zero-order valence-electron chi connectivity index (χ0n) is 11.1. The Morgan fingerprint density at radius 2 is 1.95 bits per heavy atom. The number of nitrogens with one attached hydrogen (secondary N) is 2. The minimum atomic E-state index is -0.446. The lowest BCUT2D eigenvalue weighted by molar-refractivity contribution is -0.123. The summed E-state index contributed by atoms with van der Waals surface area (Å²) in [6.07, 6.45) is 3.34. The molecule has 2 aromatic rings. The largest absolute Gasteiger partial charge is 0.281 e. The van der Waals surface area contributed by atoms with Gasteiger partial charge in [0.05, 0.1) is 9.89 Å². The molecule has 4 nitrogen and oxygen atoms in total. The molecule has 1 fully saturated rings. The van der Waals surface area contributed by atoms with Crippen molar-refractivity contribution in [1.82, 2.24) is 10.4 Å². The van der Waals surface area contributed by atoms with Crippen LogP contribution in [0.1, 0.15) is 18.4 Å². The van der Waals surface area contributed by atoms with Crippen LogP contribution < -0.4 is 10.9 Å². The smallest absolute Gasteiger partial charge is 0.248 e. The van der Waals surface area contributed by atoms with Gasteiger partial charge in [-0.1, -0.05) is 23.7 Å². The first-order valence-corrected chi connectivity index (χ1v) is 7.72. The molecule has 1 saturated carbocycles. The molecule has 0 spiro atoms. The number of rotatable bonds is 4. The van der Waals surface area contributed by atoms with Gasteiger partial charge in [-0.3, -0.25) is 15.6 Å². The molecule has 1 amide bonds. The summed E-state index contributed by atoms with van der Waals surface area (Å²) in [6.45, 7) is 0. The first-order chi connectivity index (χ1) is 10.1. The first-order valence-electron chi connectivity index (χ1n) is 6.55. The van der Waals surface area contributed by atoms with Crippen LogP contribution in [0, 0.1) is 0 Å². The summed E-state index contributed by atoms with van der Waals surface area (Å²) in [7, 11) is 0. The number of anilines is 1. The van der Waals surface area contributed by atoms with Crippen LogP contribution in [0.3, 0.4) is 0 Å². The van der Waals surface area contributed by atoms with E-state index in [1.165, 1.54) is 0 Å². The summed E-state index contributed by atoms with van der Waals surface area (Å²) in [5.41, 5.74) is 6.14. The molecular formula is C15H13BrClN3O. The summed E-state index contributed by atoms with van der Waals surface area (Å²) < 4.78 is 0.793. The molecule has 0 atom stereocenters. The second kappa shape index (κ2) is 5.66. The second-order valence-corrected chi connectivity index (χ2v) is 6.29. The van der Waals surface area contributed by atoms with Crippen LogP contribution in [-0.4, -0.2) is 10.9 Å². The summed E-state index contributed by atoms with van der Waals surface area (Å²) in [5, 5.41) is 0.672. The van der Waals surface area contributed by atoms with Crippen molar-refractivity contribution >= 4 is 39.3 Å². The minimum absolute atomic E-state index is 0.0534. The molecule has 108 valence electrons. The predicted molar refractivity (Wildman–Crippen MR) is 86.1 cm³/mol. The van der Waals surface area contributed by atoms with E-state index >= 15 is 0 Å². The topological polar surface area (TPSA) is 54.0 Å². The van der Waals surface area contributed by atoms with Crippen molar-refractivity contribution in [3.8, 4) is 0 Å². The van der Waals surface area contributed by atoms with Gasteiger partial charge in [0.15, 0.2) is 5.82 Å². The number of nitrogens with zero attached hydrogens (tertiary/aromatic N) is 1. The quantitative estimate of drug-likeness (QED) is 0.812. The summed E-state index contributed by atoms with van der Waals surface area (Å²) in [6, 6.07) is 11.1. The van der Waals surface area contributed by atoms with Crippen molar-refractivity contribution < 1.29 is 4.79 Å². The Morgan fingerprint density at radius 1 is 1.24 bits per heavy atom. The fourth-order valence-corrected chi connectivity index (χ4v) is 2.73. The third-order valence-corrected chi connectivity index (χ3v) is 4.53. The summed E-state index contributed by atoms with van der Waals surface area (Å²) >= 11 is 9.27. The molecule has 1 aliphatic carbocycles. The van der Waals surface area contributed by atoms with Crippen LogP contribution in [0.15, 0.2) is 47.1 Å². The number of carbonyl (C=O) groups excluding carboxylic acids is 1. The standard InChI is InChI=1S/C15H13BrClN3O/c16-12-2-1-9-18-13(12)19-20-14(21)15(7-8-15)10-3-5-11(17)6-4-10/h1-6,9H,7-8H2,(H,18,19)(H,20,21). The average Bonchev–Trinajstić information content (AvgIpc) is 3.28. The maximum Gasteiger partial charge on any atom is 0.248 e. The van der Waals surface area contributed by atoms with Crippen molar-refractivity contribution in [3.05, 3.63) is 57.7 Å². The van der Waals surface area contributed by atoms with E-state index in [1.807, 2.05) is 36.4 Å². The van der Waals surface area contributed by atoms with Gasteiger partial charge in [0.25, 0.3) is 0 Å². The van der Waals surface area contributed by atoms with E-state index in [4.69, 9.17) is 11.6 Å². The van der Waals surface area contributed by atoms with Crippen LogP contribution in [0.25, 0.3) is 0 Å². The molecule has 1 aliphatic rings. The second-order valence-electron chi connectivity index (χ2n) is 5.00. The third-order valence-electron chi connectivity index (χ3n) is 3.63. The molecule has 0 bridgehead atoms. The van der Waals surface area contributed by atoms with Gasteiger partial charge in [0, 0.05) is 11.2 Å². The number of pyridine rings is 1. The fraction of sp³-hybridized carbons (Fsp3) is 0.200. The van der Waals surface area contributed by atoms with E-state index < -0.39 is 5.41 Å². The predicted octanol–water partition coefficient (Wildman–Crippen LogP) is 3.67. The number of aromatic nitrogens is 1. The van der Waals surface area contributed by atoms with Crippen molar-refractivity contribution in [3.63, 3.8) is 0 Å². The highest BCUT2D eigenvalue weighted by atomic mass is 79.9. The van der Waals surface area contributed by atoms with Crippen LogP contribution in [0.4, 0.5) is 5.82 Å². The Morgan fingerprint density at radius 3 is 2.57 bits per heavy atom. The van der Waals surface area contributed by atoms with E-state index in [0.29, 0.717) is 10.8 Å². The number of hydrazine groups is 1. The van der Waals surface area contributed by atoms with E-state index in [-0.39, 0.29) is 5.91 Å². The number of hydrogen-bond acceptors (Lipinski definition) is 3. The molecule has 21 heavy (non-hydrogen) atoms. The Labute approximate surface area is 136 Å². The zero-order valence-corrected chi connectivity index (χ0v) is 13.4. The molecule has 6 heteroatoms. The summed E-state index contributed by atoms with van der Waals surface area (Å²) in [5.74, 6) is 0.528. The Bertz CT molecular complexity index is 671. The Kier molecular flexibility index (Phi) is 3.87. The molecule has 1 aromatic heterocycles. The van der Waals surface area contributed by atoms with E-state index in [2.05, 4.69) is 31.8 Å². The normalized spacial score (nSPS) is 15.3.